The third-order valence-corrected chi connectivity index (χ3v) is 4.04. The van der Waals surface area contributed by atoms with Gasteiger partial charge in [-0.2, -0.15) is 5.10 Å². The average molecular weight is 364 g/mol. The van der Waals surface area contributed by atoms with Crippen LogP contribution in [0.4, 0.5) is 5.82 Å². The summed E-state index contributed by atoms with van der Waals surface area (Å²) in [5, 5.41) is 12.2. The molecule has 0 aliphatic carbocycles. The van der Waals surface area contributed by atoms with Gasteiger partial charge in [0, 0.05) is 17.2 Å². The molecule has 0 aliphatic heterocycles. The van der Waals surface area contributed by atoms with Crippen molar-refractivity contribution in [2.24, 2.45) is 0 Å². The van der Waals surface area contributed by atoms with E-state index in [1.165, 1.54) is 0 Å². The van der Waals surface area contributed by atoms with Crippen LogP contribution in [0.5, 0.6) is 5.75 Å². The number of aromatic amines is 1. The fraction of sp³-hybridized carbons (Fsp3) is 0.150. The van der Waals surface area contributed by atoms with Gasteiger partial charge in [0.15, 0.2) is 5.82 Å². The molecule has 0 fully saturated rings. The number of amides is 2. The van der Waals surface area contributed by atoms with Crippen molar-refractivity contribution in [3.05, 3.63) is 65.7 Å². The van der Waals surface area contributed by atoms with Gasteiger partial charge in [0.25, 0.3) is 5.91 Å². The summed E-state index contributed by atoms with van der Waals surface area (Å²) < 4.78 is 5.32. The van der Waals surface area contributed by atoms with Gasteiger partial charge < -0.3 is 15.4 Å². The second kappa shape index (κ2) is 8.18. The Hall–Kier alpha value is -3.61. The first-order chi connectivity index (χ1) is 13.1. The van der Waals surface area contributed by atoms with Crippen molar-refractivity contribution in [1.82, 2.24) is 15.5 Å². The number of benzene rings is 2. The highest BCUT2D eigenvalue weighted by Crippen LogP contribution is 2.29. The zero-order valence-corrected chi connectivity index (χ0v) is 15.1. The molecule has 0 spiro atoms. The molecule has 0 unspecified atom stereocenters. The topological polar surface area (TPSA) is 96.1 Å². The number of aromatic nitrogens is 2. The molecule has 138 valence electrons. The maximum absolute atomic E-state index is 12.2. The molecule has 3 N–H and O–H groups in total. The maximum atomic E-state index is 12.2. The summed E-state index contributed by atoms with van der Waals surface area (Å²) in [5.74, 6) is 0.408. The van der Waals surface area contributed by atoms with Crippen LogP contribution in [0, 0.1) is 6.92 Å². The number of hydrogen-bond donors (Lipinski definition) is 3. The molecule has 2 amide bonds. The Labute approximate surface area is 156 Å². The number of para-hydroxylation sites is 1. The van der Waals surface area contributed by atoms with Gasteiger partial charge in [-0.3, -0.25) is 14.7 Å². The van der Waals surface area contributed by atoms with Crippen molar-refractivity contribution in [1.29, 1.82) is 0 Å². The number of aryl methyl sites for hydroxylation is 1. The van der Waals surface area contributed by atoms with Crippen molar-refractivity contribution in [3.63, 3.8) is 0 Å². The molecule has 1 heterocycles. The second-order valence-corrected chi connectivity index (χ2v) is 5.91. The van der Waals surface area contributed by atoms with Crippen molar-refractivity contribution in [3.8, 4) is 17.0 Å². The van der Waals surface area contributed by atoms with Crippen LogP contribution in [-0.2, 0) is 4.79 Å². The summed E-state index contributed by atoms with van der Waals surface area (Å²) in [4.78, 5) is 24.3. The minimum Gasteiger partial charge on any atom is -0.496 e. The number of nitrogens with zero attached hydrogens (tertiary/aromatic N) is 1. The minimum absolute atomic E-state index is 0.149. The van der Waals surface area contributed by atoms with E-state index in [4.69, 9.17) is 4.74 Å². The lowest BCUT2D eigenvalue weighted by Gasteiger charge is -2.07. The van der Waals surface area contributed by atoms with E-state index in [-0.39, 0.29) is 18.4 Å². The Kier molecular flexibility index (Phi) is 5.51. The Balaban J connectivity index is 1.60. The molecule has 0 aliphatic rings. The Morgan fingerprint density at radius 1 is 1.11 bits per heavy atom. The molecule has 1 aromatic heterocycles. The molecular formula is C20H20N4O3. The van der Waals surface area contributed by atoms with E-state index in [2.05, 4.69) is 20.8 Å². The van der Waals surface area contributed by atoms with Gasteiger partial charge in [-0.1, -0.05) is 30.3 Å². The molecule has 27 heavy (non-hydrogen) atoms. The van der Waals surface area contributed by atoms with E-state index < -0.39 is 0 Å². The minimum atomic E-state index is -0.366. The van der Waals surface area contributed by atoms with Crippen LogP contribution in [-0.4, -0.2) is 35.7 Å². The van der Waals surface area contributed by atoms with Crippen molar-refractivity contribution in [2.75, 3.05) is 19.0 Å². The Bertz CT molecular complexity index is 965. The van der Waals surface area contributed by atoms with Gasteiger partial charge in [-0.15, -0.1) is 0 Å². The lowest BCUT2D eigenvalue weighted by Crippen LogP contribution is -2.33. The summed E-state index contributed by atoms with van der Waals surface area (Å²) in [6.07, 6.45) is 0. The number of H-pyrrole nitrogens is 1. The first-order valence-corrected chi connectivity index (χ1v) is 8.41. The molecule has 3 rings (SSSR count). The molecule has 7 nitrogen and oxygen atoms in total. The van der Waals surface area contributed by atoms with Gasteiger partial charge in [0.1, 0.15) is 5.75 Å². The Morgan fingerprint density at radius 3 is 2.63 bits per heavy atom. The quantitative estimate of drug-likeness (QED) is 0.627. The molecule has 3 aromatic rings. The van der Waals surface area contributed by atoms with Crippen molar-refractivity contribution in [2.45, 2.75) is 6.92 Å². The highest BCUT2D eigenvalue weighted by Gasteiger charge is 2.12. The average Bonchev–Trinajstić information content (AvgIpc) is 3.14. The third-order valence-electron chi connectivity index (χ3n) is 4.04. The first kappa shape index (κ1) is 18.2. The molecular weight excluding hydrogens is 344 g/mol. The number of nitrogens with one attached hydrogen (secondary N) is 3. The predicted molar refractivity (Wildman–Crippen MR) is 103 cm³/mol. The second-order valence-electron chi connectivity index (χ2n) is 5.91. The van der Waals surface area contributed by atoms with E-state index in [1.54, 1.807) is 25.3 Å². The van der Waals surface area contributed by atoms with Crippen LogP contribution in [0.3, 0.4) is 0 Å². The normalized spacial score (nSPS) is 10.3. The SMILES string of the molecule is COc1ccccc1-c1cc(NC(=O)CNC(=O)c2ccccc2C)n[nH]1. The number of methoxy groups -OCH3 is 1. The van der Waals surface area contributed by atoms with Crippen LogP contribution in [0.15, 0.2) is 54.6 Å². The van der Waals surface area contributed by atoms with Gasteiger partial charge in [0.05, 0.1) is 19.3 Å². The van der Waals surface area contributed by atoms with Gasteiger partial charge in [-0.25, -0.2) is 0 Å². The number of ether oxygens (including phenoxy) is 1. The Morgan fingerprint density at radius 2 is 1.85 bits per heavy atom. The highest BCUT2D eigenvalue weighted by atomic mass is 16.5. The van der Waals surface area contributed by atoms with E-state index in [0.717, 1.165) is 11.1 Å². The zero-order valence-electron chi connectivity index (χ0n) is 15.1. The van der Waals surface area contributed by atoms with Crippen LogP contribution in [0.1, 0.15) is 15.9 Å². The van der Waals surface area contributed by atoms with E-state index in [9.17, 15) is 9.59 Å². The van der Waals surface area contributed by atoms with Crippen LogP contribution in [0.2, 0.25) is 0 Å². The summed E-state index contributed by atoms with van der Waals surface area (Å²) in [7, 11) is 1.59. The van der Waals surface area contributed by atoms with Gasteiger partial charge in [0.2, 0.25) is 5.91 Å². The molecule has 2 aromatic carbocycles. The monoisotopic (exact) mass is 364 g/mol. The summed E-state index contributed by atoms with van der Waals surface area (Å²) in [6.45, 7) is 1.70. The lowest BCUT2D eigenvalue weighted by atomic mass is 10.1. The number of carbonyl (C=O) groups is 2. The maximum Gasteiger partial charge on any atom is 0.251 e. The smallest absolute Gasteiger partial charge is 0.251 e. The number of anilines is 1. The summed E-state index contributed by atoms with van der Waals surface area (Å²) >= 11 is 0. The fourth-order valence-corrected chi connectivity index (χ4v) is 2.66. The zero-order chi connectivity index (χ0) is 19.2. The van der Waals surface area contributed by atoms with Gasteiger partial charge >= 0.3 is 0 Å². The van der Waals surface area contributed by atoms with Gasteiger partial charge in [-0.05, 0) is 30.7 Å². The van der Waals surface area contributed by atoms with Crippen molar-refractivity contribution >= 4 is 17.6 Å². The molecule has 0 bridgehead atoms. The standard InChI is InChI=1S/C20H20N4O3/c1-13-7-3-4-8-14(13)20(26)21-12-19(25)22-18-11-16(23-24-18)15-9-5-6-10-17(15)27-2/h3-11H,12H2,1-2H3,(H,21,26)(H2,22,23,24,25). The highest BCUT2D eigenvalue weighted by molar-refractivity contribution is 6.00. The van der Waals surface area contributed by atoms with Crippen LogP contribution in [0.25, 0.3) is 11.3 Å². The number of carbonyl (C=O) groups excluding carboxylic acids is 2. The summed E-state index contributed by atoms with van der Waals surface area (Å²) in [6, 6.07) is 16.4. The largest absolute Gasteiger partial charge is 0.496 e. The van der Waals surface area contributed by atoms with E-state index in [1.807, 2.05) is 43.3 Å². The summed E-state index contributed by atoms with van der Waals surface area (Å²) in [5.41, 5.74) is 2.94. The predicted octanol–water partition coefficient (Wildman–Crippen LogP) is 2.76. The van der Waals surface area contributed by atoms with Crippen LogP contribution < -0.4 is 15.4 Å². The molecule has 0 atom stereocenters. The number of rotatable bonds is 6. The molecule has 0 saturated carbocycles. The molecule has 7 heteroatoms. The fourth-order valence-electron chi connectivity index (χ4n) is 2.66. The lowest BCUT2D eigenvalue weighted by molar-refractivity contribution is -0.115. The third kappa shape index (κ3) is 4.33. The van der Waals surface area contributed by atoms with E-state index in [0.29, 0.717) is 22.8 Å². The first-order valence-electron chi connectivity index (χ1n) is 8.41. The number of hydrogen-bond acceptors (Lipinski definition) is 4. The molecule has 0 radical (unpaired) electrons. The van der Waals surface area contributed by atoms with Crippen molar-refractivity contribution < 1.29 is 14.3 Å². The molecule has 0 saturated heterocycles. The van der Waals surface area contributed by atoms with E-state index >= 15 is 0 Å². The van der Waals surface area contributed by atoms with Crippen LogP contribution >= 0.6 is 0 Å².